The maximum atomic E-state index is 12.6. The van der Waals surface area contributed by atoms with Crippen LogP contribution in [0.3, 0.4) is 0 Å². The van der Waals surface area contributed by atoms with Crippen LogP contribution in [0.15, 0.2) is 84.9 Å². The largest absolute Gasteiger partial charge is 0.489 e. The van der Waals surface area contributed by atoms with Crippen LogP contribution < -0.4 is 4.74 Å². The molecule has 0 heterocycles. The summed E-state index contributed by atoms with van der Waals surface area (Å²) in [6, 6.07) is 25.4. The topological polar surface area (TPSA) is 46.6 Å². The second-order valence-electron chi connectivity index (χ2n) is 6.70. The third-order valence-electron chi connectivity index (χ3n) is 4.37. The molecule has 0 aliphatic carbocycles. The van der Waals surface area contributed by atoms with Gasteiger partial charge in [-0.3, -0.25) is 9.59 Å². The van der Waals surface area contributed by atoms with Crippen molar-refractivity contribution < 1.29 is 14.3 Å². The Kier molecular flexibility index (Phi) is 6.22. The number of carbonyl (C=O) groups excluding carboxylic acids is 2. The Morgan fingerprint density at radius 1 is 0.821 bits per heavy atom. The van der Waals surface area contributed by atoms with Crippen molar-refractivity contribution in [2.45, 2.75) is 13.0 Å². The van der Waals surface area contributed by atoms with E-state index in [0.29, 0.717) is 29.0 Å². The highest BCUT2D eigenvalue weighted by atomic mass is 16.5. The molecule has 0 spiro atoms. The first-order valence-corrected chi connectivity index (χ1v) is 9.21. The molecule has 3 aromatic rings. The molecule has 0 saturated heterocycles. The molecular weight excluding hydrogens is 350 g/mol. The standard InChI is InChI=1S/C24H23NO3/c1-18(17-25(2)24(27)20-12-7-4-8-13-20)28-22-15-9-14-21(16-22)23(26)19-10-5-3-6-11-19/h3-16,18H,17H2,1-2H3. The van der Waals surface area contributed by atoms with Crippen molar-refractivity contribution in [3.05, 3.63) is 102 Å². The number of nitrogens with zero attached hydrogens (tertiary/aromatic N) is 1. The quantitative estimate of drug-likeness (QED) is 0.575. The lowest BCUT2D eigenvalue weighted by molar-refractivity contribution is 0.0727. The molecule has 0 aliphatic heterocycles. The van der Waals surface area contributed by atoms with Crippen LogP contribution in [0.1, 0.15) is 33.2 Å². The lowest BCUT2D eigenvalue weighted by atomic mass is 10.0. The van der Waals surface area contributed by atoms with Crippen LogP contribution in [0.2, 0.25) is 0 Å². The molecule has 0 aromatic heterocycles. The Balaban J connectivity index is 1.63. The van der Waals surface area contributed by atoms with Gasteiger partial charge < -0.3 is 9.64 Å². The molecule has 3 aromatic carbocycles. The van der Waals surface area contributed by atoms with E-state index in [4.69, 9.17) is 4.74 Å². The number of ketones is 1. The fraction of sp³-hybridized carbons (Fsp3) is 0.167. The first kappa shape index (κ1) is 19.4. The third kappa shape index (κ3) is 4.86. The molecule has 1 amide bonds. The normalized spacial score (nSPS) is 11.5. The Bertz CT molecular complexity index is 938. The molecule has 28 heavy (non-hydrogen) atoms. The summed E-state index contributed by atoms with van der Waals surface area (Å²) in [6.45, 7) is 2.34. The van der Waals surface area contributed by atoms with Gasteiger partial charge in [0.1, 0.15) is 11.9 Å². The Morgan fingerprint density at radius 3 is 2.04 bits per heavy atom. The minimum atomic E-state index is -0.222. The van der Waals surface area contributed by atoms with Gasteiger partial charge in [-0.15, -0.1) is 0 Å². The summed E-state index contributed by atoms with van der Waals surface area (Å²) in [5, 5.41) is 0. The predicted octanol–water partition coefficient (Wildman–Crippen LogP) is 4.46. The Morgan fingerprint density at radius 2 is 1.39 bits per heavy atom. The number of ether oxygens (including phenoxy) is 1. The first-order chi connectivity index (χ1) is 13.5. The van der Waals surface area contributed by atoms with Gasteiger partial charge in [0, 0.05) is 23.7 Å². The molecule has 0 saturated carbocycles. The van der Waals surface area contributed by atoms with E-state index in [-0.39, 0.29) is 17.8 Å². The average molecular weight is 373 g/mol. The number of carbonyl (C=O) groups is 2. The van der Waals surface area contributed by atoms with Crippen molar-refractivity contribution in [1.29, 1.82) is 0 Å². The number of hydrogen-bond acceptors (Lipinski definition) is 3. The maximum absolute atomic E-state index is 12.6. The van der Waals surface area contributed by atoms with Crippen molar-refractivity contribution in [3.8, 4) is 5.75 Å². The fourth-order valence-electron chi connectivity index (χ4n) is 3.01. The highest BCUT2D eigenvalue weighted by Gasteiger charge is 2.16. The van der Waals surface area contributed by atoms with E-state index in [1.807, 2.05) is 49.4 Å². The van der Waals surface area contributed by atoms with Crippen LogP contribution >= 0.6 is 0 Å². The van der Waals surface area contributed by atoms with Gasteiger partial charge in [-0.1, -0.05) is 60.7 Å². The summed E-state index contributed by atoms with van der Waals surface area (Å²) in [6.07, 6.45) is -0.222. The zero-order valence-electron chi connectivity index (χ0n) is 16.0. The zero-order valence-corrected chi connectivity index (χ0v) is 16.0. The van der Waals surface area contributed by atoms with E-state index in [9.17, 15) is 9.59 Å². The third-order valence-corrected chi connectivity index (χ3v) is 4.37. The van der Waals surface area contributed by atoms with Gasteiger partial charge in [0.15, 0.2) is 5.78 Å². The average Bonchev–Trinajstić information content (AvgIpc) is 2.74. The molecule has 0 aliphatic rings. The molecule has 3 rings (SSSR count). The summed E-state index contributed by atoms with van der Waals surface area (Å²) in [7, 11) is 1.75. The molecule has 4 heteroatoms. The second-order valence-corrected chi connectivity index (χ2v) is 6.70. The summed E-state index contributed by atoms with van der Waals surface area (Å²) in [5.74, 6) is 0.508. The minimum absolute atomic E-state index is 0.0462. The SMILES string of the molecule is CC(CN(C)C(=O)c1ccccc1)Oc1cccc(C(=O)c2ccccc2)c1. The van der Waals surface area contributed by atoms with E-state index >= 15 is 0 Å². The van der Waals surface area contributed by atoms with Gasteiger partial charge in [0.25, 0.3) is 5.91 Å². The van der Waals surface area contributed by atoms with E-state index in [1.165, 1.54) is 0 Å². The van der Waals surface area contributed by atoms with Gasteiger partial charge in [-0.25, -0.2) is 0 Å². The predicted molar refractivity (Wildman–Crippen MR) is 110 cm³/mol. The summed E-state index contributed by atoms with van der Waals surface area (Å²) in [4.78, 5) is 26.7. The smallest absolute Gasteiger partial charge is 0.253 e. The summed E-state index contributed by atoms with van der Waals surface area (Å²) in [5.41, 5.74) is 1.86. The maximum Gasteiger partial charge on any atom is 0.253 e. The molecule has 1 unspecified atom stereocenters. The van der Waals surface area contributed by atoms with Crippen LogP contribution in [0, 0.1) is 0 Å². The van der Waals surface area contributed by atoms with Crippen molar-refractivity contribution in [2.75, 3.05) is 13.6 Å². The highest BCUT2D eigenvalue weighted by Crippen LogP contribution is 2.18. The van der Waals surface area contributed by atoms with E-state index in [0.717, 1.165) is 0 Å². The fourth-order valence-corrected chi connectivity index (χ4v) is 3.01. The molecule has 0 bridgehead atoms. The lowest BCUT2D eigenvalue weighted by Gasteiger charge is -2.23. The van der Waals surface area contributed by atoms with Gasteiger partial charge in [-0.2, -0.15) is 0 Å². The first-order valence-electron chi connectivity index (χ1n) is 9.21. The highest BCUT2D eigenvalue weighted by molar-refractivity contribution is 6.09. The van der Waals surface area contributed by atoms with E-state index in [1.54, 1.807) is 54.4 Å². The Labute approximate surface area is 165 Å². The van der Waals surface area contributed by atoms with Gasteiger partial charge in [0.2, 0.25) is 0 Å². The molecular formula is C24H23NO3. The number of likely N-dealkylation sites (N-methyl/N-ethyl adjacent to an activating group) is 1. The lowest BCUT2D eigenvalue weighted by Crippen LogP contribution is -2.35. The minimum Gasteiger partial charge on any atom is -0.489 e. The molecule has 0 radical (unpaired) electrons. The summed E-state index contributed by atoms with van der Waals surface area (Å²) < 4.78 is 5.95. The number of rotatable bonds is 7. The van der Waals surface area contributed by atoms with Crippen LogP contribution in [0.5, 0.6) is 5.75 Å². The number of hydrogen-bond donors (Lipinski definition) is 0. The molecule has 0 fully saturated rings. The van der Waals surface area contributed by atoms with Crippen LogP contribution in [-0.2, 0) is 0 Å². The van der Waals surface area contributed by atoms with E-state index in [2.05, 4.69) is 0 Å². The van der Waals surface area contributed by atoms with Gasteiger partial charge in [-0.05, 0) is 31.2 Å². The van der Waals surface area contributed by atoms with Crippen molar-refractivity contribution in [3.63, 3.8) is 0 Å². The monoisotopic (exact) mass is 373 g/mol. The van der Waals surface area contributed by atoms with Crippen LogP contribution in [0.25, 0.3) is 0 Å². The van der Waals surface area contributed by atoms with Crippen LogP contribution in [0.4, 0.5) is 0 Å². The van der Waals surface area contributed by atoms with Crippen molar-refractivity contribution >= 4 is 11.7 Å². The van der Waals surface area contributed by atoms with Crippen molar-refractivity contribution in [1.82, 2.24) is 4.90 Å². The Hall–Kier alpha value is -3.40. The van der Waals surface area contributed by atoms with Crippen molar-refractivity contribution in [2.24, 2.45) is 0 Å². The number of benzene rings is 3. The molecule has 142 valence electrons. The zero-order chi connectivity index (χ0) is 19.9. The molecule has 1 atom stereocenters. The second kappa shape index (κ2) is 9.00. The van der Waals surface area contributed by atoms with Gasteiger partial charge in [0.05, 0.1) is 6.54 Å². The summed E-state index contributed by atoms with van der Waals surface area (Å²) >= 11 is 0. The van der Waals surface area contributed by atoms with Gasteiger partial charge >= 0.3 is 0 Å². The van der Waals surface area contributed by atoms with E-state index < -0.39 is 0 Å². The van der Waals surface area contributed by atoms with Crippen LogP contribution in [-0.4, -0.2) is 36.3 Å². The molecule has 4 nitrogen and oxygen atoms in total. The molecule has 0 N–H and O–H groups in total. The number of amides is 1.